The van der Waals surface area contributed by atoms with Gasteiger partial charge in [-0.3, -0.25) is 14.5 Å². The monoisotopic (exact) mass is 377 g/mol. The number of ether oxygens (including phenoxy) is 1. The Hall–Kier alpha value is -3.12. The average molecular weight is 377 g/mol. The van der Waals surface area contributed by atoms with Gasteiger partial charge in [-0.05, 0) is 36.4 Å². The van der Waals surface area contributed by atoms with Crippen molar-refractivity contribution in [2.45, 2.75) is 6.54 Å². The Labute approximate surface area is 163 Å². The van der Waals surface area contributed by atoms with E-state index in [2.05, 4.69) is 9.88 Å². The van der Waals surface area contributed by atoms with E-state index in [1.54, 1.807) is 37.4 Å². The van der Waals surface area contributed by atoms with Gasteiger partial charge in [-0.1, -0.05) is 12.1 Å². The van der Waals surface area contributed by atoms with E-state index in [0.29, 0.717) is 30.6 Å². The number of hydrogen-bond acceptors (Lipinski definition) is 4. The molecule has 28 heavy (non-hydrogen) atoms. The number of methoxy groups -OCH3 is 1. The summed E-state index contributed by atoms with van der Waals surface area (Å²) in [5, 5.41) is 0.709. The number of benzene rings is 2. The molecular formula is C22H23N3O3. The van der Waals surface area contributed by atoms with Crippen LogP contribution in [0.3, 0.4) is 0 Å². The van der Waals surface area contributed by atoms with Crippen LogP contribution in [0.5, 0.6) is 5.75 Å². The fourth-order valence-electron chi connectivity index (χ4n) is 3.60. The van der Waals surface area contributed by atoms with Gasteiger partial charge < -0.3 is 14.6 Å². The second-order valence-electron chi connectivity index (χ2n) is 7.00. The first-order chi connectivity index (χ1) is 13.6. The number of nitrogens with one attached hydrogen (secondary N) is 1. The largest absolute Gasteiger partial charge is 0.497 e. The number of aromatic nitrogens is 1. The van der Waals surface area contributed by atoms with Crippen molar-refractivity contribution in [3.05, 3.63) is 76.1 Å². The van der Waals surface area contributed by atoms with Crippen molar-refractivity contribution < 1.29 is 9.53 Å². The number of para-hydroxylation sites is 1. The number of fused-ring (bicyclic) bond motifs is 1. The summed E-state index contributed by atoms with van der Waals surface area (Å²) < 4.78 is 5.14. The van der Waals surface area contributed by atoms with E-state index in [4.69, 9.17) is 4.74 Å². The Morgan fingerprint density at radius 1 is 1.04 bits per heavy atom. The molecule has 144 valence electrons. The van der Waals surface area contributed by atoms with Gasteiger partial charge in [0.05, 0.1) is 7.11 Å². The lowest BCUT2D eigenvalue weighted by Crippen LogP contribution is -2.48. The minimum atomic E-state index is 0.0395. The molecule has 0 unspecified atom stereocenters. The fourth-order valence-corrected chi connectivity index (χ4v) is 3.60. The van der Waals surface area contributed by atoms with Crippen molar-refractivity contribution in [3.63, 3.8) is 0 Å². The lowest BCUT2D eigenvalue weighted by molar-refractivity contribution is 0.0627. The summed E-state index contributed by atoms with van der Waals surface area (Å²) in [5.74, 6) is 0.784. The van der Waals surface area contributed by atoms with Gasteiger partial charge in [0.2, 0.25) is 0 Å². The molecule has 2 aromatic carbocycles. The Bertz CT molecular complexity index is 1030. The molecule has 0 spiro atoms. The maximum absolute atomic E-state index is 12.7. The van der Waals surface area contributed by atoms with E-state index in [-0.39, 0.29) is 11.3 Å². The van der Waals surface area contributed by atoms with Crippen molar-refractivity contribution >= 4 is 16.8 Å². The number of hydrogen-bond donors (Lipinski definition) is 1. The zero-order chi connectivity index (χ0) is 19.5. The van der Waals surface area contributed by atoms with E-state index in [1.165, 1.54) is 0 Å². The molecule has 1 aliphatic heterocycles. The van der Waals surface area contributed by atoms with E-state index in [0.717, 1.165) is 30.0 Å². The van der Waals surface area contributed by atoms with Crippen molar-refractivity contribution in [1.82, 2.24) is 14.8 Å². The van der Waals surface area contributed by atoms with Crippen LogP contribution >= 0.6 is 0 Å². The smallest absolute Gasteiger partial charge is 0.253 e. The van der Waals surface area contributed by atoms with E-state index >= 15 is 0 Å². The Morgan fingerprint density at radius 2 is 1.75 bits per heavy atom. The average Bonchev–Trinajstić information content (AvgIpc) is 2.74. The van der Waals surface area contributed by atoms with Crippen LogP contribution in [-0.2, 0) is 6.54 Å². The van der Waals surface area contributed by atoms with E-state index in [9.17, 15) is 9.59 Å². The van der Waals surface area contributed by atoms with Gasteiger partial charge in [0.15, 0.2) is 5.43 Å². The molecule has 3 aromatic rings. The van der Waals surface area contributed by atoms with Crippen LogP contribution in [0.25, 0.3) is 10.9 Å². The minimum Gasteiger partial charge on any atom is -0.497 e. The predicted molar refractivity (Wildman–Crippen MR) is 109 cm³/mol. The molecule has 4 rings (SSSR count). The SMILES string of the molecule is COc1ccc(C(=O)N2CCN(Cc3cc(=O)c4ccccc4[nH]3)CC2)cc1. The molecule has 1 aromatic heterocycles. The van der Waals surface area contributed by atoms with Gasteiger partial charge in [-0.15, -0.1) is 0 Å². The summed E-state index contributed by atoms with van der Waals surface area (Å²) in [4.78, 5) is 32.4. The fraction of sp³-hybridized carbons (Fsp3) is 0.273. The Morgan fingerprint density at radius 3 is 2.46 bits per heavy atom. The van der Waals surface area contributed by atoms with Crippen LogP contribution in [0, 0.1) is 0 Å². The third-order valence-corrected chi connectivity index (χ3v) is 5.18. The van der Waals surface area contributed by atoms with Gasteiger partial charge >= 0.3 is 0 Å². The number of pyridine rings is 1. The highest BCUT2D eigenvalue weighted by Crippen LogP contribution is 2.15. The molecule has 0 atom stereocenters. The number of H-pyrrole nitrogens is 1. The van der Waals surface area contributed by atoms with Crippen LogP contribution in [0.15, 0.2) is 59.4 Å². The zero-order valence-corrected chi connectivity index (χ0v) is 15.9. The second kappa shape index (κ2) is 7.86. The summed E-state index contributed by atoms with van der Waals surface area (Å²) in [6, 6.07) is 16.4. The standard InChI is InChI=1S/C22H23N3O3/c1-28-18-8-6-16(7-9-18)22(27)25-12-10-24(11-13-25)15-17-14-21(26)19-4-2-3-5-20(19)23-17/h2-9,14H,10-13,15H2,1H3,(H,23,26). The highest BCUT2D eigenvalue weighted by atomic mass is 16.5. The molecule has 1 N–H and O–H groups in total. The van der Waals surface area contributed by atoms with Crippen LogP contribution in [0.1, 0.15) is 16.1 Å². The van der Waals surface area contributed by atoms with Gasteiger partial charge in [0, 0.05) is 61.0 Å². The van der Waals surface area contributed by atoms with Crippen LogP contribution in [0.4, 0.5) is 0 Å². The zero-order valence-electron chi connectivity index (χ0n) is 15.9. The Kier molecular flexibility index (Phi) is 5.12. The number of rotatable bonds is 4. The second-order valence-corrected chi connectivity index (χ2v) is 7.00. The van der Waals surface area contributed by atoms with Gasteiger partial charge in [0.1, 0.15) is 5.75 Å². The maximum Gasteiger partial charge on any atom is 0.253 e. The molecule has 0 bridgehead atoms. The first-order valence-electron chi connectivity index (χ1n) is 9.40. The predicted octanol–water partition coefficient (Wildman–Crippen LogP) is 2.49. The molecule has 6 heteroatoms. The molecule has 1 fully saturated rings. The third kappa shape index (κ3) is 3.77. The topological polar surface area (TPSA) is 65.6 Å². The van der Waals surface area contributed by atoms with Crippen LogP contribution < -0.4 is 10.2 Å². The van der Waals surface area contributed by atoms with Crippen molar-refractivity contribution in [1.29, 1.82) is 0 Å². The summed E-state index contributed by atoms with van der Waals surface area (Å²) in [7, 11) is 1.61. The van der Waals surface area contributed by atoms with Crippen LogP contribution in [-0.4, -0.2) is 54.0 Å². The molecule has 1 saturated heterocycles. The number of aromatic amines is 1. The molecule has 1 amide bonds. The lowest BCUT2D eigenvalue weighted by atomic mass is 10.1. The highest BCUT2D eigenvalue weighted by Gasteiger charge is 2.22. The van der Waals surface area contributed by atoms with Crippen molar-refractivity contribution in [2.24, 2.45) is 0 Å². The van der Waals surface area contributed by atoms with Crippen molar-refractivity contribution in [2.75, 3.05) is 33.3 Å². The number of piperazine rings is 1. The van der Waals surface area contributed by atoms with Gasteiger partial charge in [-0.2, -0.15) is 0 Å². The highest BCUT2D eigenvalue weighted by molar-refractivity contribution is 5.94. The Balaban J connectivity index is 1.39. The van der Waals surface area contributed by atoms with Gasteiger partial charge in [-0.25, -0.2) is 0 Å². The molecule has 0 aliphatic carbocycles. The van der Waals surface area contributed by atoms with Crippen LogP contribution in [0.2, 0.25) is 0 Å². The summed E-state index contributed by atoms with van der Waals surface area (Å²) in [6.07, 6.45) is 0. The normalized spacial score (nSPS) is 15.0. The van der Waals surface area contributed by atoms with Crippen molar-refractivity contribution in [3.8, 4) is 5.75 Å². The van der Waals surface area contributed by atoms with Gasteiger partial charge in [0.25, 0.3) is 5.91 Å². The number of amides is 1. The quantitative estimate of drug-likeness (QED) is 0.759. The van der Waals surface area contributed by atoms with E-state index in [1.807, 2.05) is 29.2 Å². The molecule has 0 saturated carbocycles. The maximum atomic E-state index is 12.7. The first kappa shape index (κ1) is 18.3. The number of carbonyl (C=O) groups excluding carboxylic acids is 1. The molecule has 6 nitrogen and oxygen atoms in total. The summed E-state index contributed by atoms with van der Waals surface area (Å²) >= 11 is 0. The molecule has 2 heterocycles. The number of nitrogens with zero attached hydrogens (tertiary/aromatic N) is 2. The molecule has 0 radical (unpaired) electrons. The molecule has 1 aliphatic rings. The molecular weight excluding hydrogens is 354 g/mol. The summed E-state index contributed by atoms with van der Waals surface area (Å²) in [5.41, 5.74) is 2.47. The number of carbonyl (C=O) groups is 1. The third-order valence-electron chi connectivity index (χ3n) is 5.18. The minimum absolute atomic E-state index is 0.0395. The summed E-state index contributed by atoms with van der Waals surface area (Å²) in [6.45, 7) is 3.56. The first-order valence-corrected chi connectivity index (χ1v) is 9.40. The lowest BCUT2D eigenvalue weighted by Gasteiger charge is -2.34. The van der Waals surface area contributed by atoms with E-state index < -0.39 is 0 Å².